The van der Waals surface area contributed by atoms with Crippen molar-refractivity contribution in [3.05, 3.63) is 77.0 Å². The highest BCUT2D eigenvalue weighted by atomic mass is 32.2. The molecule has 11 nitrogen and oxygen atoms in total. The Hall–Kier alpha value is -4.24. The Labute approximate surface area is 246 Å². The van der Waals surface area contributed by atoms with Crippen LogP contribution in [-0.4, -0.2) is 66.8 Å². The third-order valence-corrected chi connectivity index (χ3v) is 8.78. The molecule has 0 radical (unpaired) electrons. The number of benzene rings is 2. The fourth-order valence-corrected chi connectivity index (χ4v) is 6.28. The number of rotatable bonds is 10. The molecule has 4 rings (SSSR count). The molecule has 0 saturated carbocycles. The molecule has 15 heteroatoms. The highest BCUT2D eigenvalue weighted by molar-refractivity contribution is 7.89. The van der Waals surface area contributed by atoms with E-state index in [1.165, 1.54) is 0 Å². The van der Waals surface area contributed by atoms with Crippen LogP contribution < -0.4 is 20.7 Å². The largest absolute Gasteiger partial charge is 0.573 e. The highest BCUT2D eigenvalue weighted by Crippen LogP contribution is 2.28. The number of aryl methyl sites for hydroxylation is 2. The molecule has 2 heterocycles. The van der Waals surface area contributed by atoms with Gasteiger partial charge in [0.15, 0.2) is 11.5 Å². The first-order valence-corrected chi connectivity index (χ1v) is 14.8. The van der Waals surface area contributed by atoms with Crippen molar-refractivity contribution in [1.82, 2.24) is 19.8 Å². The summed E-state index contributed by atoms with van der Waals surface area (Å²) in [6.45, 7) is 3.70. The molecule has 43 heavy (non-hydrogen) atoms. The molecule has 1 aromatic heterocycles. The van der Waals surface area contributed by atoms with Crippen LogP contribution >= 0.6 is 0 Å². The quantitative estimate of drug-likeness (QED) is 0.352. The standard InChI is InChI=1S/C28H31F3N6O5S/c1-3-4-19-5-7-20(8-6-19)16-33-27(39)23-17-36(24-15-18(2)25(26(32)38)35-34-24)13-14-37(23)43(40,41)22-11-9-21(10-12-22)42-28(29,30)31/h5-12,15,23H,3-4,13-14,16-17H2,1-2H3,(H2,32,38)(H,33,39)/t23-/m1/s1. The van der Waals surface area contributed by atoms with Gasteiger partial charge in [-0.05, 0) is 60.4 Å². The Kier molecular flexibility index (Phi) is 9.55. The van der Waals surface area contributed by atoms with Crippen LogP contribution in [0.15, 0.2) is 59.5 Å². The van der Waals surface area contributed by atoms with Crippen LogP contribution in [0.1, 0.15) is 40.5 Å². The van der Waals surface area contributed by atoms with Gasteiger partial charge in [0.05, 0.1) is 4.90 Å². The van der Waals surface area contributed by atoms with E-state index in [4.69, 9.17) is 5.73 Å². The zero-order valence-electron chi connectivity index (χ0n) is 23.5. The van der Waals surface area contributed by atoms with Crippen molar-refractivity contribution < 1.29 is 35.9 Å². The first-order chi connectivity index (χ1) is 20.3. The van der Waals surface area contributed by atoms with Crippen molar-refractivity contribution in [2.75, 3.05) is 24.5 Å². The van der Waals surface area contributed by atoms with Gasteiger partial charge in [0, 0.05) is 26.2 Å². The van der Waals surface area contributed by atoms with Crippen LogP contribution in [0.4, 0.5) is 19.0 Å². The number of ether oxygens (including phenoxy) is 1. The summed E-state index contributed by atoms with van der Waals surface area (Å²) in [4.78, 5) is 26.5. The topological polar surface area (TPSA) is 148 Å². The van der Waals surface area contributed by atoms with Crippen molar-refractivity contribution in [3.8, 4) is 5.75 Å². The van der Waals surface area contributed by atoms with Gasteiger partial charge in [-0.1, -0.05) is 37.6 Å². The molecule has 0 bridgehead atoms. The number of hydrogen-bond acceptors (Lipinski definition) is 8. The lowest BCUT2D eigenvalue weighted by Crippen LogP contribution is -2.60. The lowest BCUT2D eigenvalue weighted by atomic mass is 10.1. The summed E-state index contributed by atoms with van der Waals surface area (Å²) in [6, 6.07) is 11.8. The molecule has 0 unspecified atom stereocenters. The first-order valence-electron chi connectivity index (χ1n) is 13.4. The fraction of sp³-hybridized carbons (Fsp3) is 0.357. The van der Waals surface area contributed by atoms with Gasteiger partial charge in [0.1, 0.15) is 11.8 Å². The maximum Gasteiger partial charge on any atom is 0.573 e. The lowest BCUT2D eigenvalue weighted by molar-refractivity contribution is -0.274. The molecule has 1 saturated heterocycles. The van der Waals surface area contributed by atoms with E-state index in [1.54, 1.807) is 17.9 Å². The van der Waals surface area contributed by atoms with Gasteiger partial charge in [-0.25, -0.2) is 8.42 Å². The molecule has 1 fully saturated rings. The number of carbonyl (C=O) groups excluding carboxylic acids is 2. The fourth-order valence-electron chi connectivity index (χ4n) is 4.71. The normalized spacial score (nSPS) is 16.1. The minimum atomic E-state index is -4.94. The summed E-state index contributed by atoms with van der Waals surface area (Å²) in [6.07, 6.45) is -3.03. The Morgan fingerprint density at radius 1 is 1.05 bits per heavy atom. The van der Waals surface area contributed by atoms with Gasteiger partial charge >= 0.3 is 6.36 Å². The van der Waals surface area contributed by atoms with E-state index in [0.717, 1.165) is 52.5 Å². The van der Waals surface area contributed by atoms with E-state index in [1.807, 2.05) is 24.3 Å². The lowest BCUT2D eigenvalue weighted by Gasteiger charge is -2.40. The number of aromatic nitrogens is 2. The molecule has 2 aromatic carbocycles. The number of sulfonamides is 1. The van der Waals surface area contributed by atoms with Gasteiger partial charge in [0.25, 0.3) is 5.91 Å². The number of alkyl halides is 3. The number of piperazine rings is 1. The van der Waals surface area contributed by atoms with Crippen LogP contribution in [0, 0.1) is 6.92 Å². The summed E-state index contributed by atoms with van der Waals surface area (Å²) in [7, 11) is -4.33. The average molecular weight is 621 g/mol. The molecule has 1 aliphatic heterocycles. The number of nitrogens with zero attached hydrogens (tertiary/aromatic N) is 4. The second kappa shape index (κ2) is 13.0. The van der Waals surface area contributed by atoms with Crippen LogP contribution in [0.25, 0.3) is 0 Å². The summed E-state index contributed by atoms with van der Waals surface area (Å²) in [5.74, 6) is -1.60. The van der Waals surface area contributed by atoms with E-state index in [-0.39, 0.29) is 36.8 Å². The van der Waals surface area contributed by atoms with Crippen LogP contribution in [-0.2, 0) is 27.8 Å². The number of amides is 2. The SMILES string of the molecule is CCCc1ccc(CNC(=O)[C@H]2CN(c3cc(C)c(C(N)=O)nn3)CCN2S(=O)(=O)c2ccc(OC(F)(F)F)cc2)cc1. The Bertz CT molecular complexity index is 1570. The van der Waals surface area contributed by atoms with Gasteiger partial charge in [-0.2, -0.15) is 4.31 Å². The summed E-state index contributed by atoms with van der Waals surface area (Å²) in [5, 5.41) is 10.7. The zero-order valence-corrected chi connectivity index (χ0v) is 24.3. The summed E-state index contributed by atoms with van der Waals surface area (Å²) in [5.41, 5.74) is 7.75. The van der Waals surface area contributed by atoms with Crippen molar-refractivity contribution in [2.45, 2.75) is 50.5 Å². The maximum atomic E-state index is 13.7. The average Bonchev–Trinajstić information content (AvgIpc) is 2.95. The Morgan fingerprint density at radius 3 is 2.28 bits per heavy atom. The molecular formula is C28H31F3N6O5S. The second-order valence-corrected chi connectivity index (χ2v) is 11.9. The third kappa shape index (κ3) is 7.78. The predicted molar refractivity (Wildman–Crippen MR) is 151 cm³/mol. The predicted octanol–water partition coefficient (Wildman–Crippen LogP) is 2.93. The summed E-state index contributed by atoms with van der Waals surface area (Å²) < 4.78 is 70.0. The van der Waals surface area contributed by atoms with Gasteiger partial charge in [-0.15, -0.1) is 23.4 Å². The highest BCUT2D eigenvalue weighted by Gasteiger charge is 2.41. The minimum absolute atomic E-state index is 0.0119. The Morgan fingerprint density at radius 2 is 1.70 bits per heavy atom. The van der Waals surface area contributed by atoms with Gasteiger partial charge < -0.3 is 20.7 Å². The molecule has 230 valence electrons. The Balaban J connectivity index is 1.59. The monoisotopic (exact) mass is 620 g/mol. The summed E-state index contributed by atoms with van der Waals surface area (Å²) >= 11 is 0. The number of nitrogens with one attached hydrogen (secondary N) is 1. The van der Waals surface area contributed by atoms with Crippen molar-refractivity contribution in [2.24, 2.45) is 5.73 Å². The minimum Gasteiger partial charge on any atom is -0.406 e. The molecule has 3 N–H and O–H groups in total. The number of anilines is 1. The van der Waals surface area contributed by atoms with Crippen LogP contribution in [0.5, 0.6) is 5.75 Å². The number of halogens is 3. The molecule has 0 spiro atoms. The number of hydrogen-bond donors (Lipinski definition) is 2. The van der Waals surface area contributed by atoms with E-state index >= 15 is 0 Å². The number of carbonyl (C=O) groups is 2. The van der Waals surface area contributed by atoms with Crippen molar-refractivity contribution in [1.29, 1.82) is 0 Å². The van der Waals surface area contributed by atoms with Crippen molar-refractivity contribution in [3.63, 3.8) is 0 Å². The molecule has 3 aromatic rings. The van der Waals surface area contributed by atoms with Crippen LogP contribution in [0.2, 0.25) is 0 Å². The number of nitrogens with two attached hydrogens (primary N) is 1. The first kappa shape index (κ1) is 31.7. The third-order valence-electron chi connectivity index (χ3n) is 6.86. The van der Waals surface area contributed by atoms with E-state index in [2.05, 4.69) is 27.2 Å². The number of primary amides is 1. The molecule has 2 amide bonds. The molecule has 1 aliphatic rings. The molecule has 1 atom stereocenters. The van der Waals surface area contributed by atoms with E-state index in [0.29, 0.717) is 11.4 Å². The van der Waals surface area contributed by atoms with Crippen LogP contribution in [0.3, 0.4) is 0 Å². The van der Waals surface area contributed by atoms with Crippen molar-refractivity contribution >= 4 is 27.7 Å². The maximum absolute atomic E-state index is 13.7. The van der Waals surface area contributed by atoms with Gasteiger partial charge in [0.2, 0.25) is 15.9 Å². The van der Waals surface area contributed by atoms with E-state index in [9.17, 15) is 31.2 Å². The molecular weight excluding hydrogens is 589 g/mol. The van der Waals surface area contributed by atoms with E-state index < -0.39 is 40.0 Å². The van der Waals surface area contributed by atoms with Gasteiger partial charge in [-0.3, -0.25) is 9.59 Å². The zero-order chi connectivity index (χ0) is 31.4. The smallest absolute Gasteiger partial charge is 0.406 e. The second-order valence-electron chi connectivity index (χ2n) is 9.98. The molecule has 0 aliphatic carbocycles.